The van der Waals surface area contributed by atoms with Crippen molar-refractivity contribution in [3.05, 3.63) is 93.3 Å². The molecular weight excluding hydrogens is 422 g/mol. The fraction of sp³-hybridized carbons (Fsp3) is 0. The smallest absolute Gasteiger partial charge is 0.270 e. The summed E-state index contributed by atoms with van der Waals surface area (Å²) in [6.07, 6.45) is 0. The van der Waals surface area contributed by atoms with Gasteiger partial charge in [-0.2, -0.15) is 0 Å². The average Bonchev–Trinajstić information content (AvgIpc) is 3.16. The quantitative estimate of drug-likeness (QED) is 0.240. The molecule has 0 spiro atoms. The van der Waals surface area contributed by atoms with E-state index in [1.165, 1.54) is 23.5 Å². The molecule has 5 aromatic rings. The summed E-state index contributed by atoms with van der Waals surface area (Å²) in [5.74, 6) is 0.668. The first-order chi connectivity index (χ1) is 14.6. The molecule has 0 saturated heterocycles. The van der Waals surface area contributed by atoms with Crippen LogP contribution in [0.4, 0.5) is 10.8 Å². The highest BCUT2D eigenvalue weighted by atomic mass is 35.5. The van der Waals surface area contributed by atoms with Gasteiger partial charge >= 0.3 is 0 Å². The zero-order valence-corrected chi connectivity index (χ0v) is 16.9. The lowest BCUT2D eigenvalue weighted by molar-refractivity contribution is -0.384. The lowest BCUT2D eigenvalue weighted by Gasteiger charge is -2.05. The average molecular weight is 434 g/mol. The van der Waals surface area contributed by atoms with E-state index in [0.29, 0.717) is 37.1 Å². The van der Waals surface area contributed by atoms with Crippen LogP contribution in [0.15, 0.2) is 82.2 Å². The zero-order chi connectivity index (χ0) is 20.7. The molecule has 0 N–H and O–H groups in total. The number of fused-ring (bicyclic) bond motifs is 2. The second-order valence-corrected chi connectivity index (χ2v) is 7.97. The van der Waals surface area contributed by atoms with Crippen molar-refractivity contribution in [1.82, 2.24) is 4.98 Å². The van der Waals surface area contributed by atoms with Crippen molar-refractivity contribution in [2.24, 2.45) is 4.99 Å². The van der Waals surface area contributed by atoms with Gasteiger partial charge in [-0.3, -0.25) is 10.1 Å². The molecule has 30 heavy (non-hydrogen) atoms. The molecule has 2 aromatic heterocycles. The fourth-order valence-electron chi connectivity index (χ4n) is 3.14. The van der Waals surface area contributed by atoms with E-state index < -0.39 is 4.92 Å². The van der Waals surface area contributed by atoms with E-state index >= 15 is 0 Å². The molecule has 8 heteroatoms. The summed E-state index contributed by atoms with van der Waals surface area (Å²) >= 11 is 7.49. The molecule has 5 rings (SSSR count). The highest BCUT2D eigenvalue weighted by molar-refractivity contribution is 7.21. The van der Waals surface area contributed by atoms with Crippen molar-refractivity contribution in [3.63, 3.8) is 0 Å². The van der Waals surface area contributed by atoms with Gasteiger partial charge in [-0.15, -0.1) is 0 Å². The number of nitrogens with zero attached hydrogens (tertiary/aromatic N) is 3. The molecule has 2 heterocycles. The van der Waals surface area contributed by atoms with Crippen LogP contribution >= 0.6 is 22.9 Å². The minimum absolute atomic E-state index is 0.0276. The normalized spacial score (nSPS) is 12.0. The van der Waals surface area contributed by atoms with Crippen molar-refractivity contribution in [3.8, 4) is 11.3 Å². The van der Waals surface area contributed by atoms with Crippen molar-refractivity contribution < 1.29 is 9.34 Å². The van der Waals surface area contributed by atoms with Crippen molar-refractivity contribution in [2.45, 2.75) is 0 Å². The van der Waals surface area contributed by atoms with E-state index in [1.807, 2.05) is 42.5 Å². The van der Waals surface area contributed by atoms with Crippen LogP contribution in [0.2, 0.25) is 5.02 Å². The SMILES string of the molecule is O=[N+]([O-])c1ccc2nc(N=c3cc(-c4ccccc4)oc4ccc(Cl)cc34)sc2c1. The van der Waals surface area contributed by atoms with Crippen LogP contribution in [0.1, 0.15) is 0 Å². The summed E-state index contributed by atoms with van der Waals surface area (Å²) in [6, 6.07) is 21.5. The van der Waals surface area contributed by atoms with Crippen molar-refractivity contribution in [1.29, 1.82) is 0 Å². The molecule has 0 aliphatic heterocycles. The Morgan fingerprint density at radius 2 is 1.87 bits per heavy atom. The molecule has 0 fully saturated rings. The number of aromatic nitrogens is 1. The minimum atomic E-state index is -0.420. The number of rotatable bonds is 3. The number of nitro groups is 1. The van der Waals surface area contributed by atoms with Gasteiger partial charge in [0.15, 0.2) is 0 Å². The molecule has 0 aliphatic rings. The van der Waals surface area contributed by atoms with Crippen LogP contribution in [0, 0.1) is 10.1 Å². The number of benzene rings is 3. The molecule has 0 saturated carbocycles. The van der Waals surface area contributed by atoms with Gasteiger partial charge < -0.3 is 4.42 Å². The summed E-state index contributed by atoms with van der Waals surface area (Å²) < 4.78 is 6.77. The van der Waals surface area contributed by atoms with E-state index in [4.69, 9.17) is 21.0 Å². The van der Waals surface area contributed by atoms with Crippen molar-refractivity contribution in [2.75, 3.05) is 0 Å². The molecule has 0 aliphatic carbocycles. The molecule has 0 radical (unpaired) electrons. The number of hydrogen-bond acceptors (Lipinski definition) is 6. The van der Waals surface area contributed by atoms with Crippen LogP contribution in [0.3, 0.4) is 0 Å². The van der Waals surface area contributed by atoms with Crippen molar-refractivity contribution >= 4 is 54.9 Å². The molecule has 0 atom stereocenters. The second-order valence-electron chi connectivity index (χ2n) is 6.52. The van der Waals surface area contributed by atoms with E-state index in [-0.39, 0.29) is 5.69 Å². The molecule has 146 valence electrons. The fourth-order valence-corrected chi connectivity index (χ4v) is 4.20. The molecule has 0 unspecified atom stereocenters. The Morgan fingerprint density at radius 1 is 1.03 bits per heavy atom. The monoisotopic (exact) mass is 433 g/mol. The van der Waals surface area contributed by atoms with Gasteiger partial charge in [-0.1, -0.05) is 53.3 Å². The van der Waals surface area contributed by atoms with Gasteiger partial charge in [-0.25, -0.2) is 9.98 Å². The summed E-state index contributed by atoms with van der Waals surface area (Å²) in [6.45, 7) is 0. The van der Waals surface area contributed by atoms with Gasteiger partial charge in [0.2, 0.25) is 5.13 Å². The first-order valence-corrected chi connectivity index (χ1v) is 10.1. The number of non-ortho nitro benzene ring substituents is 1. The summed E-state index contributed by atoms with van der Waals surface area (Å²) in [4.78, 5) is 19.8. The van der Waals surface area contributed by atoms with Gasteiger partial charge in [0.05, 0.1) is 20.5 Å². The van der Waals surface area contributed by atoms with Crippen LogP contribution in [-0.4, -0.2) is 9.91 Å². The summed E-state index contributed by atoms with van der Waals surface area (Å²) in [7, 11) is 0. The highest BCUT2D eigenvalue weighted by Crippen LogP contribution is 2.31. The maximum atomic E-state index is 11.0. The number of thiazole rings is 1. The first-order valence-electron chi connectivity index (χ1n) is 8.95. The summed E-state index contributed by atoms with van der Waals surface area (Å²) in [5, 5.41) is 13.5. The predicted octanol–water partition coefficient (Wildman–Crippen LogP) is 6.50. The first kappa shape index (κ1) is 18.5. The molecule has 0 amide bonds. The Morgan fingerprint density at radius 3 is 2.67 bits per heavy atom. The van der Waals surface area contributed by atoms with E-state index in [0.717, 1.165) is 10.9 Å². The molecule has 3 aromatic carbocycles. The zero-order valence-electron chi connectivity index (χ0n) is 15.3. The van der Waals surface area contributed by atoms with Gasteiger partial charge in [0.1, 0.15) is 11.3 Å². The van der Waals surface area contributed by atoms with E-state index in [1.54, 1.807) is 18.2 Å². The van der Waals surface area contributed by atoms with E-state index in [2.05, 4.69) is 4.98 Å². The molecule has 0 bridgehead atoms. The van der Waals surface area contributed by atoms with Gasteiger partial charge in [-0.05, 0) is 24.3 Å². The highest BCUT2D eigenvalue weighted by Gasteiger charge is 2.11. The van der Waals surface area contributed by atoms with Gasteiger partial charge in [0, 0.05) is 34.2 Å². The largest absolute Gasteiger partial charge is 0.456 e. The number of hydrogen-bond donors (Lipinski definition) is 0. The predicted molar refractivity (Wildman–Crippen MR) is 118 cm³/mol. The Labute approximate surface area is 178 Å². The van der Waals surface area contributed by atoms with E-state index in [9.17, 15) is 10.1 Å². The third-order valence-corrected chi connectivity index (χ3v) is 5.70. The van der Waals surface area contributed by atoms with Crippen LogP contribution in [0.5, 0.6) is 0 Å². The minimum Gasteiger partial charge on any atom is -0.456 e. The topological polar surface area (TPSA) is 81.5 Å². The Hall–Kier alpha value is -3.55. The third-order valence-electron chi connectivity index (χ3n) is 4.55. The van der Waals surface area contributed by atoms with Crippen LogP contribution < -0.4 is 5.36 Å². The maximum absolute atomic E-state index is 11.0. The Kier molecular flexibility index (Phi) is 4.54. The lowest BCUT2D eigenvalue weighted by Crippen LogP contribution is -2.03. The number of halogens is 1. The molecular formula is C22H12ClN3O3S. The Balaban J connectivity index is 1.74. The lowest BCUT2D eigenvalue weighted by atomic mass is 10.1. The van der Waals surface area contributed by atoms with Crippen LogP contribution in [-0.2, 0) is 0 Å². The number of nitro benzene ring substituents is 1. The van der Waals surface area contributed by atoms with Gasteiger partial charge in [0.25, 0.3) is 5.69 Å². The third kappa shape index (κ3) is 3.45. The van der Waals surface area contributed by atoms with Crippen LogP contribution in [0.25, 0.3) is 32.5 Å². The second kappa shape index (κ2) is 7.37. The maximum Gasteiger partial charge on any atom is 0.270 e. The standard InChI is InChI=1S/C22H12ClN3O3S/c23-14-6-9-19-16(10-14)18(12-20(29-19)13-4-2-1-3-5-13)25-22-24-17-8-7-15(26(27)28)11-21(17)30-22/h1-12H. The summed E-state index contributed by atoms with van der Waals surface area (Å²) in [5.41, 5.74) is 2.26. The molecule has 6 nitrogen and oxygen atoms in total. The Bertz CT molecular complexity index is 1490.